The van der Waals surface area contributed by atoms with Crippen molar-refractivity contribution in [3.63, 3.8) is 0 Å². The second-order valence-corrected chi connectivity index (χ2v) is 7.86. The molecule has 0 bridgehead atoms. The highest BCUT2D eigenvalue weighted by atomic mass is 16.6. The first-order chi connectivity index (χ1) is 14.9. The number of aliphatic imine (C=N–C) groups is 1. The topological polar surface area (TPSA) is 91.1 Å². The zero-order chi connectivity index (χ0) is 22.0. The number of non-ortho nitro benzene ring substituents is 1. The Bertz CT molecular complexity index is 1060. The third kappa shape index (κ3) is 4.34. The molecule has 1 N–H and O–H groups in total. The molecule has 8 heteroatoms. The zero-order valence-electron chi connectivity index (χ0n) is 17.6. The molecule has 1 unspecified atom stereocenters. The maximum Gasteiger partial charge on any atom is 0.269 e. The van der Waals surface area contributed by atoms with Crippen LogP contribution in [-0.4, -0.2) is 59.7 Å². The highest BCUT2D eigenvalue weighted by Gasteiger charge is 2.33. The van der Waals surface area contributed by atoms with Crippen LogP contribution in [0.15, 0.2) is 70.9 Å². The molecule has 1 atom stereocenters. The molecule has 2 aromatic rings. The van der Waals surface area contributed by atoms with Gasteiger partial charge in [0.1, 0.15) is 11.9 Å². The van der Waals surface area contributed by atoms with E-state index >= 15 is 0 Å². The summed E-state index contributed by atoms with van der Waals surface area (Å²) in [5.74, 6) is 0.565. The minimum absolute atomic E-state index is 0.0171. The number of amides is 1. The van der Waals surface area contributed by atoms with Gasteiger partial charge in [-0.2, -0.15) is 0 Å². The number of nitrogens with zero attached hydrogens (tertiary/aromatic N) is 4. The summed E-state index contributed by atoms with van der Waals surface area (Å²) in [5.41, 5.74) is 2.75. The number of benzene rings is 2. The van der Waals surface area contributed by atoms with Gasteiger partial charge in [-0.05, 0) is 19.5 Å². The Kier molecular flexibility index (Phi) is 5.81. The molecule has 2 aliphatic rings. The molecule has 0 aromatic heterocycles. The number of hydrogen-bond donors (Lipinski definition) is 1. The minimum atomic E-state index is -0.622. The lowest BCUT2D eigenvalue weighted by atomic mass is 9.93. The van der Waals surface area contributed by atoms with Crippen LogP contribution in [0.4, 0.5) is 5.69 Å². The number of carbonyl (C=O) groups is 1. The van der Waals surface area contributed by atoms with Crippen LogP contribution in [0.25, 0.3) is 0 Å². The summed E-state index contributed by atoms with van der Waals surface area (Å²) in [7, 11) is 2.04. The van der Waals surface area contributed by atoms with Crippen molar-refractivity contribution in [3.8, 4) is 0 Å². The molecule has 2 heterocycles. The largest absolute Gasteiger partial charge is 0.343 e. The maximum absolute atomic E-state index is 13.5. The van der Waals surface area contributed by atoms with E-state index in [1.165, 1.54) is 12.1 Å². The highest BCUT2D eigenvalue weighted by Crippen LogP contribution is 2.34. The van der Waals surface area contributed by atoms with Gasteiger partial charge in [0.05, 0.1) is 10.5 Å². The van der Waals surface area contributed by atoms with E-state index in [0.29, 0.717) is 35.8 Å². The molecule has 31 heavy (non-hydrogen) atoms. The molecule has 1 amide bonds. The number of amidine groups is 1. The predicted octanol–water partition coefficient (Wildman–Crippen LogP) is 2.73. The van der Waals surface area contributed by atoms with Crippen molar-refractivity contribution < 1.29 is 9.72 Å². The van der Waals surface area contributed by atoms with E-state index < -0.39 is 11.0 Å². The van der Waals surface area contributed by atoms with Crippen LogP contribution >= 0.6 is 0 Å². The number of carbonyl (C=O) groups excluding carboxylic acids is 1. The molecule has 2 aliphatic heterocycles. The van der Waals surface area contributed by atoms with Gasteiger partial charge in [0.15, 0.2) is 0 Å². The normalized spacial score (nSPS) is 19.6. The van der Waals surface area contributed by atoms with Gasteiger partial charge in [-0.15, -0.1) is 0 Å². The van der Waals surface area contributed by atoms with E-state index in [1.807, 2.05) is 49.2 Å². The monoisotopic (exact) mass is 419 g/mol. The summed E-state index contributed by atoms with van der Waals surface area (Å²) in [6, 6.07) is 15.4. The number of nitro groups is 1. The quantitative estimate of drug-likeness (QED) is 0.608. The van der Waals surface area contributed by atoms with Crippen molar-refractivity contribution in [2.75, 3.05) is 33.2 Å². The van der Waals surface area contributed by atoms with E-state index in [1.54, 1.807) is 12.1 Å². The Morgan fingerprint density at radius 1 is 1.10 bits per heavy atom. The molecule has 0 spiro atoms. The fraction of sp³-hybridized carbons (Fsp3) is 0.304. The van der Waals surface area contributed by atoms with E-state index in [-0.39, 0.29) is 11.6 Å². The average Bonchev–Trinajstić information content (AvgIpc) is 2.79. The van der Waals surface area contributed by atoms with E-state index in [0.717, 1.165) is 18.7 Å². The second kappa shape index (κ2) is 8.69. The summed E-state index contributed by atoms with van der Waals surface area (Å²) in [6.45, 7) is 4.77. The van der Waals surface area contributed by atoms with Crippen LogP contribution in [0.1, 0.15) is 24.1 Å². The third-order valence-electron chi connectivity index (χ3n) is 5.71. The Hall–Kier alpha value is -3.52. The first kappa shape index (κ1) is 20.7. The van der Waals surface area contributed by atoms with Gasteiger partial charge in [-0.3, -0.25) is 19.9 Å². The molecule has 4 rings (SSSR count). The second-order valence-electron chi connectivity index (χ2n) is 7.86. The smallest absolute Gasteiger partial charge is 0.269 e. The number of allylic oxidation sites excluding steroid dienone is 1. The van der Waals surface area contributed by atoms with E-state index in [4.69, 9.17) is 4.99 Å². The average molecular weight is 419 g/mol. The molecule has 0 radical (unpaired) electrons. The molecule has 160 valence electrons. The molecule has 0 aliphatic carbocycles. The van der Waals surface area contributed by atoms with Gasteiger partial charge >= 0.3 is 0 Å². The van der Waals surface area contributed by atoms with Gasteiger partial charge in [0, 0.05) is 49.6 Å². The lowest BCUT2D eigenvalue weighted by molar-refractivity contribution is -0.384. The van der Waals surface area contributed by atoms with Gasteiger partial charge in [-0.25, -0.2) is 0 Å². The first-order valence-electron chi connectivity index (χ1n) is 10.3. The maximum atomic E-state index is 13.5. The summed E-state index contributed by atoms with van der Waals surface area (Å²) >= 11 is 0. The molecule has 8 nitrogen and oxygen atoms in total. The molecular weight excluding hydrogens is 394 g/mol. The molecule has 2 aromatic carbocycles. The number of rotatable bonds is 4. The van der Waals surface area contributed by atoms with Gasteiger partial charge < -0.3 is 15.1 Å². The number of nitrogens with one attached hydrogen (secondary N) is 1. The van der Waals surface area contributed by atoms with Crippen LogP contribution in [0.3, 0.4) is 0 Å². The number of likely N-dealkylation sites (N-methyl/N-ethyl adjacent to an activating group) is 1. The van der Waals surface area contributed by atoms with Crippen molar-refractivity contribution >= 4 is 17.4 Å². The molecule has 1 fully saturated rings. The SMILES string of the molecule is CC1=C(C(=O)N2CCN(C)CC2)C(c2cccc([N+](=O)[O-])c2)N=C(c2ccccc2)N1. The molecular formula is C23H25N5O3. The Balaban J connectivity index is 1.76. The summed E-state index contributed by atoms with van der Waals surface area (Å²) < 4.78 is 0. The Labute approximate surface area is 181 Å². The zero-order valence-corrected chi connectivity index (χ0v) is 17.6. The number of piperazine rings is 1. The van der Waals surface area contributed by atoms with Crippen LogP contribution < -0.4 is 5.32 Å². The van der Waals surface area contributed by atoms with Gasteiger partial charge in [-0.1, -0.05) is 42.5 Å². The summed E-state index contributed by atoms with van der Waals surface area (Å²) in [6.07, 6.45) is 0. The van der Waals surface area contributed by atoms with E-state index in [9.17, 15) is 14.9 Å². The standard InChI is InChI=1S/C23H25N5O3/c1-16-20(23(29)27-13-11-26(2)12-14-27)21(18-9-6-10-19(15-18)28(30)31)25-22(24-16)17-7-4-3-5-8-17/h3-10,15,21H,11-14H2,1-2H3,(H,24,25). The summed E-state index contributed by atoms with van der Waals surface area (Å²) in [4.78, 5) is 33.3. The number of nitro benzene ring substituents is 1. The van der Waals surface area contributed by atoms with Crippen molar-refractivity contribution in [1.29, 1.82) is 0 Å². The van der Waals surface area contributed by atoms with Gasteiger partial charge in [0.2, 0.25) is 0 Å². The minimum Gasteiger partial charge on any atom is -0.343 e. The predicted molar refractivity (Wildman–Crippen MR) is 119 cm³/mol. The molecule has 1 saturated heterocycles. The van der Waals surface area contributed by atoms with Crippen LogP contribution in [-0.2, 0) is 4.79 Å². The third-order valence-corrected chi connectivity index (χ3v) is 5.71. The number of hydrogen-bond acceptors (Lipinski definition) is 6. The fourth-order valence-corrected chi connectivity index (χ4v) is 3.93. The van der Waals surface area contributed by atoms with Crippen molar-refractivity contribution in [2.24, 2.45) is 4.99 Å². The molecule has 0 saturated carbocycles. The van der Waals surface area contributed by atoms with E-state index in [2.05, 4.69) is 10.2 Å². The fourth-order valence-electron chi connectivity index (χ4n) is 3.93. The Morgan fingerprint density at radius 2 is 1.81 bits per heavy atom. The highest BCUT2D eigenvalue weighted by molar-refractivity contribution is 6.04. The van der Waals surface area contributed by atoms with Crippen molar-refractivity contribution in [1.82, 2.24) is 15.1 Å². The Morgan fingerprint density at radius 3 is 2.48 bits per heavy atom. The first-order valence-corrected chi connectivity index (χ1v) is 10.3. The van der Waals surface area contributed by atoms with Crippen LogP contribution in [0.2, 0.25) is 0 Å². The lowest BCUT2D eigenvalue weighted by Gasteiger charge is -2.35. The lowest BCUT2D eigenvalue weighted by Crippen LogP contribution is -2.49. The van der Waals surface area contributed by atoms with Crippen molar-refractivity contribution in [3.05, 3.63) is 87.1 Å². The van der Waals surface area contributed by atoms with Crippen LogP contribution in [0, 0.1) is 10.1 Å². The van der Waals surface area contributed by atoms with Crippen LogP contribution in [0.5, 0.6) is 0 Å². The van der Waals surface area contributed by atoms with Gasteiger partial charge in [0.25, 0.3) is 11.6 Å². The summed E-state index contributed by atoms with van der Waals surface area (Å²) in [5, 5.41) is 14.6. The van der Waals surface area contributed by atoms with Crippen molar-refractivity contribution in [2.45, 2.75) is 13.0 Å².